The number of nitrogens with zero attached hydrogens (tertiary/aromatic N) is 1. The second-order valence-electron chi connectivity index (χ2n) is 5.95. The highest BCUT2D eigenvalue weighted by molar-refractivity contribution is 7.89. The summed E-state index contributed by atoms with van der Waals surface area (Å²) in [6.07, 6.45) is 2.87. The molecule has 0 fully saturated rings. The summed E-state index contributed by atoms with van der Waals surface area (Å²) in [7, 11) is -3.74. The predicted octanol–water partition coefficient (Wildman–Crippen LogP) is 3.67. The van der Waals surface area contributed by atoms with E-state index in [2.05, 4.69) is 5.32 Å². The molecule has 0 saturated heterocycles. The molecule has 0 radical (unpaired) electrons. The topological polar surface area (TPSA) is 88.8 Å². The highest BCUT2D eigenvalue weighted by atomic mass is 32.2. The molecule has 1 N–H and O–H groups in total. The monoisotopic (exact) mass is 406 g/mol. The van der Waals surface area contributed by atoms with Crippen molar-refractivity contribution in [2.45, 2.75) is 32.6 Å². The van der Waals surface area contributed by atoms with Crippen LogP contribution in [-0.4, -0.2) is 38.3 Å². The molecular formula is C20H26N2O5S. The second kappa shape index (κ2) is 9.57. The van der Waals surface area contributed by atoms with Crippen molar-refractivity contribution in [3.63, 3.8) is 0 Å². The van der Waals surface area contributed by atoms with E-state index >= 15 is 0 Å². The van der Waals surface area contributed by atoms with Gasteiger partial charge in [0, 0.05) is 24.9 Å². The molecule has 0 atom stereocenters. The molecule has 0 aliphatic carbocycles. The van der Waals surface area contributed by atoms with E-state index in [1.807, 2.05) is 6.92 Å². The Morgan fingerprint density at radius 3 is 2.46 bits per heavy atom. The van der Waals surface area contributed by atoms with Gasteiger partial charge in [0.25, 0.3) is 0 Å². The molecule has 28 heavy (non-hydrogen) atoms. The molecule has 1 heterocycles. The van der Waals surface area contributed by atoms with Crippen molar-refractivity contribution in [3.8, 4) is 5.75 Å². The van der Waals surface area contributed by atoms with Crippen LogP contribution in [0.15, 0.2) is 45.7 Å². The average molecular weight is 407 g/mol. The lowest BCUT2D eigenvalue weighted by Crippen LogP contribution is -2.31. The van der Waals surface area contributed by atoms with Crippen LogP contribution in [0.3, 0.4) is 0 Å². The van der Waals surface area contributed by atoms with Gasteiger partial charge in [-0.05, 0) is 50.3 Å². The van der Waals surface area contributed by atoms with Crippen molar-refractivity contribution in [2.24, 2.45) is 0 Å². The normalized spacial score (nSPS) is 11.9. The summed E-state index contributed by atoms with van der Waals surface area (Å²) in [6.45, 7) is 8.15. The quantitative estimate of drug-likeness (QED) is 0.642. The number of hydrogen-bond donors (Lipinski definition) is 1. The van der Waals surface area contributed by atoms with Gasteiger partial charge in [-0.2, -0.15) is 4.31 Å². The van der Waals surface area contributed by atoms with Gasteiger partial charge in [0.15, 0.2) is 0 Å². The number of anilines is 1. The van der Waals surface area contributed by atoms with E-state index in [0.29, 0.717) is 31.1 Å². The van der Waals surface area contributed by atoms with Gasteiger partial charge >= 0.3 is 0 Å². The standard InChI is InChI=1S/C20H26N2O5S/c1-5-22(6-2)28(24,25)19-14-16(9-12-18(19)26-7-3)21-20(23)13-11-17-10-8-15(4)27-17/h8-14H,5-7H2,1-4H3,(H,21,23)/b13-11+. The van der Waals surface area contributed by atoms with Crippen LogP contribution in [-0.2, 0) is 14.8 Å². The molecule has 0 aliphatic rings. The first-order valence-electron chi connectivity index (χ1n) is 9.14. The summed E-state index contributed by atoms with van der Waals surface area (Å²) in [5.41, 5.74) is 0.361. The van der Waals surface area contributed by atoms with E-state index in [0.717, 1.165) is 5.76 Å². The Morgan fingerprint density at radius 2 is 1.89 bits per heavy atom. The minimum Gasteiger partial charge on any atom is -0.492 e. The molecule has 0 bridgehead atoms. The Labute approximate surface area is 166 Å². The van der Waals surface area contributed by atoms with Crippen LogP contribution >= 0.6 is 0 Å². The number of amides is 1. The van der Waals surface area contributed by atoms with Crippen molar-refractivity contribution < 1.29 is 22.4 Å². The van der Waals surface area contributed by atoms with Crippen molar-refractivity contribution >= 4 is 27.7 Å². The first-order chi connectivity index (χ1) is 13.3. The van der Waals surface area contributed by atoms with Gasteiger partial charge < -0.3 is 14.5 Å². The smallest absolute Gasteiger partial charge is 0.248 e. The van der Waals surface area contributed by atoms with Crippen molar-refractivity contribution in [1.82, 2.24) is 4.31 Å². The van der Waals surface area contributed by atoms with Crippen LogP contribution in [0.1, 0.15) is 32.3 Å². The van der Waals surface area contributed by atoms with Crippen LogP contribution in [0.4, 0.5) is 5.69 Å². The molecule has 7 nitrogen and oxygen atoms in total. The maximum Gasteiger partial charge on any atom is 0.248 e. The fourth-order valence-electron chi connectivity index (χ4n) is 2.65. The van der Waals surface area contributed by atoms with Crippen LogP contribution in [0.2, 0.25) is 0 Å². The third kappa shape index (κ3) is 5.24. The molecular weight excluding hydrogens is 380 g/mol. The number of carbonyl (C=O) groups is 1. The van der Waals surface area contributed by atoms with Gasteiger partial charge in [-0.1, -0.05) is 13.8 Å². The van der Waals surface area contributed by atoms with Crippen LogP contribution in [0, 0.1) is 6.92 Å². The molecule has 1 aromatic carbocycles. The molecule has 0 unspecified atom stereocenters. The number of benzene rings is 1. The van der Waals surface area contributed by atoms with Gasteiger partial charge in [-0.25, -0.2) is 8.42 Å². The molecule has 2 aromatic rings. The number of aryl methyl sites for hydroxylation is 1. The molecule has 1 aromatic heterocycles. The maximum atomic E-state index is 12.9. The maximum absolute atomic E-state index is 12.9. The van der Waals surface area contributed by atoms with E-state index in [1.54, 1.807) is 51.1 Å². The number of furan rings is 1. The van der Waals surface area contributed by atoms with Crippen molar-refractivity contribution in [1.29, 1.82) is 0 Å². The number of nitrogens with one attached hydrogen (secondary N) is 1. The first kappa shape index (κ1) is 21.7. The van der Waals surface area contributed by atoms with Crippen molar-refractivity contribution in [2.75, 3.05) is 25.0 Å². The lowest BCUT2D eigenvalue weighted by Gasteiger charge is -2.21. The summed E-state index contributed by atoms with van der Waals surface area (Å²) in [5, 5.41) is 2.67. The Bertz CT molecular complexity index is 943. The fraction of sp³-hybridized carbons (Fsp3) is 0.350. The van der Waals surface area contributed by atoms with Gasteiger partial charge in [0.05, 0.1) is 6.61 Å². The SMILES string of the molecule is CCOc1ccc(NC(=O)/C=C/c2ccc(C)o2)cc1S(=O)(=O)N(CC)CC. The fourth-order valence-corrected chi connectivity index (χ4v) is 4.26. The molecule has 0 aliphatic heterocycles. The van der Waals surface area contributed by atoms with Crippen LogP contribution in [0.25, 0.3) is 6.08 Å². The van der Waals surface area contributed by atoms with Gasteiger partial charge in [0.2, 0.25) is 15.9 Å². The van der Waals surface area contributed by atoms with E-state index in [9.17, 15) is 13.2 Å². The van der Waals surface area contributed by atoms with E-state index in [1.165, 1.54) is 16.4 Å². The Hall–Kier alpha value is -2.58. The third-order valence-electron chi connectivity index (χ3n) is 3.99. The molecule has 8 heteroatoms. The van der Waals surface area contributed by atoms with E-state index in [4.69, 9.17) is 9.15 Å². The highest BCUT2D eigenvalue weighted by Gasteiger charge is 2.26. The summed E-state index contributed by atoms with van der Waals surface area (Å²) >= 11 is 0. The molecule has 152 valence electrons. The lowest BCUT2D eigenvalue weighted by atomic mass is 10.3. The number of ether oxygens (including phenoxy) is 1. The first-order valence-corrected chi connectivity index (χ1v) is 10.6. The van der Waals surface area contributed by atoms with E-state index < -0.39 is 15.9 Å². The van der Waals surface area contributed by atoms with Gasteiger partial charge in [-0.15, -0.1) is 0 Å². The largest absolute Gasteiger partial charge is 0.492 e. The van der Waals surface area contributed by atoms with Crippen LogP contribution < -0.4 is 10.1 Å². The highest BCUT2D eigenvalue weighted by Crippen LogP contribution is 2.30. The average Bonchev–Trinajstić information content (AvgIpc) is 3.07. The minimum atomic E-state index is -3.74. The predicted molar refractivity (Wildman–Crippen MR) is 109 cm³/mol. The Morgan fingerprint density at radius 1 is 1.18 bits per heavy atom. The lowest BCUT2D eigenvalue weighted by molar-refractivity contribution is -0.111. The molecule has 0 saturated carbocycles. The number of rotatable bonds is 9. The van der Waals surface area contributed by atoms with Crippen LogP contribution in [0.5, 0.6) is 5.75 Å². The molecule has 0 spiro atoms. The minimum absolute atomic E-state index is 0.0292. The summed E-state index contributed by atoms with van der Waals surface area (Å²) in [5.74, 6) is 1.17. The summed E-state index contributed by atoms with van der Waals surface area (Å²) < 4.78 is 38.1. The zero-order valence-electron chi connectivity index (χ0n) is 16.6. The third-order valence-corrected chi connectivity index (χ3v) is 6.07. The van der Waals surface area contributed by atoms with Gasteiger partial charge in [0.1, 0.15) is 22.2 Å². The summed E-state index contributed by atoms with van der Waals surface area (Å²) in [6, 6.07) is 8.13. The second-order valence-corrected chi connectivity index (χ2v) is 7.86. The zero-order valence-corrected chi connectivity index (χ0v) is 17.4. The molecule has 1 amide bonds. The molecule has 2 rings (SSSR count). The van der Waals surface area contributed by atoms with E-state index in [-0.39, 0.29) is 10.6 Å². The summed E-state index contributed by atoms with van der Waals surface area (Å²) in [4.78, 5) is 12.2. The zero-order chi connectivity index (χ0) is 20.7. The van der Waals surface area contributed by atoms with Gasteiger partial charge in [-0.3, -0.25) is 4.79 Å². The number of carbonyl (C=O) groups excluding carboxylic acids is 1. The van der Waals surface area contributed by atoms with Crippen molar-refractivity contribution in [3.05, 3.63) is 47.9 Å². The Balaban J connectivity index is 2.28. The number of sulfonamides is 1. The number of hydrogen-bond acceptors (Lipinski definition) is 5. The Kier molecular flexibility index (Phi) is 7.42.